The molecular weight excluding hydrogens is 224 g/mol. The molecule has 0 fully saturated rings. The topological polar surface area (TPSA) is 36.7 Å². The lowest BCUT2D eigenvalue weighted by atomic mass is 10.5. The van der Waals surface area contributed by atoms with Crippen LogP contribution in [0.4, 0.5) is 0 Å². The van der Waals surface area contributed by atoms with Gasteiger partial charge in [0.05, 0.1) is 16.8 Å². The van der Waals surface area contributed by atoms with Crippen molar-refractivity contribution in [1.29, 1.82) is 5.26 Å². The zero-order valence-electron chi connectivity index (χ0n) is 5.62. The average molecular weight is 229 g/mol. The third-order valence-corrected chi connectivity index (χ3v) is 2.26. The molecule has 1 heterocycles. The minimum Gasteiger partial charge on any atom is -0.249 e. The second kappa shape index (κ2) is 4.37. The molecule has 56 valence electrons. The molecular formula is C7H5BrN2S. The number of hydrogen-bond acceptors (Lipinski definition) is 3. The first kappa shape index (κ1) is 8.57. The monoisotopic (exact) mass is 228 g/mol. The first-order valence-corrected chi connectivity index (χ1v) is 4.72. The van der Waals surface area contributed by atoms with Crippen LogP contribution < -0.4 is 0 Å². The largest absolute Gasteiger partial charge is 0.249 e. The Bertz CT molecular complexity index is 265. The number of halogens is 1. The minimum absolute atomic E-state index is 0.453. The predicted molar refractivity (Wildman–Crippen MR) is 48.3 cm³/mol. The molecule has 0 aliphatic heterocycles. The van der Waals surface area contributed by atoms with Gasteiger partial charge in [-0.15, -0.1) is 0 Å². The van der Waals surface area contributed by atoms with Gasteiger partial charge in [-0.2, -0.15) is 5.26 Å². The molecule has 11 heavy (non-hydrogen) atoms. The predicted octanol–water partition coefficient (Wildman–Crippen LogP) is 2.46. The molecule has 0 saturated heterocycles. The summed E-state index contributed by atoms with van der Waals surface area (Å²) in [5, 5.41) is 9.16. The first-order valence-electron chi connectivity index (χ1n) is 2.94. The quantitative estimate of drug-likeness (QED) is 0.731. The van der Waals surface area contributed by atoms with Gasteiger partial charge in [-0.3, -0.25) is 0 Å². The fraction of sp³-hybridized carbons (Fsp3) is 0.143. The van der Waals surface area contributed by atoms with E-state index in [0.717, 1.165) is 9.50 Å². The van der Waals surface area contributed by atoms with Gasteiger partial charge in [0.15, 0.2) is 0 Å². The van der Waals surface area contributed by atoms with Crippen molar-refractivity contribution in [3.05, 3.63) is 22.8 Å². The second-order valence-corrected chi connectivity index (χ2v) is 3.67. The zero-order chi connectivity index (χ0) is 8.10. The van der Waals surface area contributed by atoms with E-state index in [2.05, 4.69) is 20.9 Å². The van der Waals surface area contributed by atoms with Crippen LogP contribution in [0.2, 0.25) is 0 Å². The molecule has 1 aromatic rings. The number of nitriles is 1. The summed E-state index contributed by atoms with van der Waals surface area (Å²) < 4.78 is 0.957. The fourth-order valence-electron chi connectivity index (χ4n) is 0.554. The number of nitrogens with zero attached hydrogens (tertiary/aromatic N) is 2. The molecule has 0 aromatic carbocycles. The van der Waals surface area contributed by atoms with Gasteiger partial charge in [-0.25, -0.2) is 4.98 Å². The Morgan fingerprint density at radius 1 is 1.64 bits per heavy atom. The van der Waals surface area contributed by atoms with Crippen LogP contribution in [0.5, 0.6) is 0 Å². The van der Waals surface area contributed by atoms with Crippen LogP contribution in [-0.2, 0) is 0 Å². The molecule has 4 heteroatoms. The van der Waals surface area contributed by atoms with Crippen molar-refractivity contribution in [2.75, 3.05) is 5.75 Å². The van der Waals surface area contributed by atoms with E-state index in [0.29, 0.717) is 5.75 Å². The van der Waals surface area contributed by atoms with E-state index >= 15 is 0 Å². The molecule has 1 rings (SSSR count). The third-order valence-electron chi connectivity index (χ3n) is 0.985. The fourth-order valence-corrected chi connectivity index (χ4v) is 1.29. The number of rotatable bonds is 2. The Hall–Kier alpha value is -0.530. The van der Waals surface area contributed by atoms with Crippen molar-refractivity contribution in [3.63, 3.8) is 0 Å². The van der Waals surface area contributed by atoms with Gasteiger partial charge in [0, 0.05) is 10.7 Å². The molecule has 0 saturated carbocycles. The van der Waals surface area contributed by atoms with E-state index in [1.807, 2.05) is 18.2 Å². The van der Waals surface area contributed by atoms with Crippen molar-refractivity contribution in [1.82, 2.24) is 4.98 Å². The minimum atomic E-state index is 0.453. The number of aromatic nitrogens is 1. The highest BCUT2D eigenvalue weighted by atomic mass is 79.9. The molecule has 0 radical (unpaired) electrons. The Morgan fingerprint density at radius 2 is 2.45 bits per heavy atom. The Labute approximate surface area is 77.8 Å². The molecule has 0 N–H and O–H groups in total. The Kier molecular flexibility index (Phi) is 3.40. The Morgan fingerprint density at radius 3 is 3.00 bits per heavy atom. The van der Waals surface area contributed by atoms with Crippen molar-refractivity contribution in [3.8, 4) is 6.07 Å². The summed E-state index contributed by atoms with van der Waals surface area (Å²) in [7, 11) is 0. The van der Waals surface area contributed by atoms with Crippen molar-refractivity contribution < 1.29 is 0 Å². The smallest absolute Gasteiger partial charge is 0.0970 e. The van der Waals surface area contributed by atoms with Crippen LogP contribution in [0.25, 0.3) is 0 Å². The van der Waals surface area contributed by atoms with Crippen molar-refractivity contribution in [2.45, 2.75) is 5.03 Å². The number of hydrogen-bond donors (Lipinski definition) is 0. The van der Waals surface area contributed by atoms with Crippen LogP contribution >= 0.6 is 27.7 Å². The highest BCUT2D eigenvalue weighted by molar-refractivity contribution is 9.10. The molecule has 0 aliphatic carbocycles. The van der Waals surface area contributed by atoms with E-state index in [-0.39, 0.29) is 0 Å². The molecule has 2 nitrogen and oxygen atoms in total. The van der Waals surface area contributed by atoms with Gasteiger partial charge in [-0.05, 0) is 28.1 Å². The van der Waals surface area contributed by atoms with E-state index in [9.17, 15) is 0 Å². The standard InChI is InChI=1S/C7H5BrN2S/c8-6-1-2-7(10-5-6)11-4-3-9/h1-2,5H,4H2. The molecule has 1 aromatic heterocycles. The highest BCUT2D eigenvalue weighted by Crippen LogP contribution is 2.16. The maximum absolute atomic E-state index is 8.27. The molecule has 0 bridgehead atoms. The summed E-state index contributed by atoms with van der Waals surface area (Å²) in [5.41, 5.74) is 0. The molecule has 0 amide bonds. The van der Waals surface area contributed by atoms with Gasteiger partial charge in [-0.1, -0.05) is 11.8 Å². The van der Waals surface area contributed by atoms with Crippen molar-refractivity contribution in [2.24, 2.45) is 0 Å². The van der Waals surface area contributed by atoms with Gasteiger partial charge in [0.1, 0.15) is 0 Å². The Balaban J connectivity index is 2.60. The van der Waals surface area contributed by atoms with E-state index < -0.39 is 0 Å². The first-order chi connectivity index (χ1) is 5.33. The summed E-state index contributed by atoms with van der Waals surface area (Å²) in [6, 6.07) is 5.83. The average Bonchev–Trinajstić information content (AvgIpc) is 2.04. The van der Waals surface area contributed by atoms with Crippen LogP contribution in [0.15, 0.2) is 27.8 Å². The van der Waals surface area contributed by atoms with Gasteiger partial charge in [0.2, 0.25) is 0 Å². The molecule has 0 spiro atoms. The lowest BCUT2D eigenvalue weighted by molar-refractivity contribution is 1.13. The van der Waals surface area contributed by atoms with Crippen LogP contribution in [-0.4, -0.2) is 10.7 Å². The lowest BCUT2D eigenvalue weighted by Gasteiger charge is -1.94. The lowest BCUT2D eigenvalue weighted by Crippen LogP contribution is -1.78. The second-order valence-electron chi connectivity index (χ2n) is 1.76. The third kappa shape index (κ3) is 2.91. The van der Waals surface area contributed by atoms with E-state index in [1.54, 1.807) is 6.20 Å². The SMILES string of the molecule is N#CCSc1ccc(Br)cn1. The van der Waals surface area contributed by atoms with E-state index in [4.69, 9.17) is 5.26 Å². The zero-order valence-corrected chi connectivity index (χ0v) is 8.02. The summed E-state index contributed by atoms with van der Waals surface area (Å²) >= 11 is 4.71. The van der Waals surface area contributed by atoms with Crippen LogP contribution in [0.3, 0.4) is 0 Å². The summed E-state index contributed by atoms with van der Waals surface area (Å²) in [6.45, 7) is 0. The summed E-state index contributed by atoms with van der Waals surface area (Å²) in [6.07, 6.45) is 1.72. The highest BCUT2D eigenvalue weighted by Gasteiger charge is 1.92. The maximum atomic E-state index is 8.27. The summed E-state index contributed by atoms with van der Waals surface area (Å²) in [4.78, 5) is 4.08. The van der Waals surface area contributed by atoms with Crippen LogP contribution in [0.1, 0.15) is 0 Å². The number of thioether (sulfide) groups is 1. The normalized spacial score (nSPS) is 9.09. The van der Waals surface area contributed by atoms with Gasteiger partial charge >= 0.3 is 0 Å². The molecule has 0 atom stereocenters. The summed E-state index contributed by atoms with van der Waals surface area (Å²) in [5.74, 6) is 0.453. The molecule has 0 aliphatic rings. The van der Waals surface area contributed by atoms with Gasteiger partial charge < -0.3 is 0 Å². The van der Waals surface area contributed by atoms with Crippen molar-refractivity contribution >= 4 is 27.7 Å². The van der Waals surface area contributed by atoms with Gasteiger partial charge in [0.25, 0.3) is 0 Å². The van der Waals surface area contributed by atoms with Crippen LogP contribution in [0, 0.1) is 11.3 Å². The molecule has 0 unspecified atom stereocenters. The maximum Gasteiger partial charge on any atom is 0.0970 e. The number of pyridine rings is 1. The van der Waals surface area contributed by atoms with E-state index in [1.165, 1.54) is 11.8 Å².